The molecule has 0 amide bonds. The van der Waals surface area contributed by atoms with Crippen LogP contribution in [0.2, 0.25) is 0 Å². The summed E-state index contributed by atoms with van der Waals surface area (Å²) < 4.78 is 4.29. The number of nitrogens with zero attached hydrogens (tertiary/aromatic N) is 1. The van der Waals surface area contributed by atoms with Gasteiger partial charge in [-0.25, -0.2) is 4.79 Å². The van der Waals surface area contributed by atoms with E-state index in [1.54, 1.807) is 0 Å². The molecule has 0 aliphatic heterocycles. The van der Waals surface area contributed by atoms with Gasteiger partial charge in [-0.2, -0.15) is 0 Å². The van der Waals surface area contributed by atoms with Crippen molar-refractivity contribution in [2.45, 2.75) is 0 Å². The van der Waals surface area contributed by atoms with Gasteiger partial charge in [0.1, 0.15) is 5.76 Å². The van der Waals surface area contributed by atoms with Gasteiger partial charge in [0.05, 0.1) is 7.11 Å². The lowest BCUT2D eigenvalue weighted by molar-refractivity contribution is -0.136. The lowest BCUT2D eigenvalue weighted by atomic mass is 10.3. The summed E-state index contributed by atoms with van der Waals surface area (Å²) in [5.74, 6) is -1.08. The zero-order chi connectivity index (χ0) is 8.85. The third-order valence-corrected chi connectivity index (χ3v) is 0.973. The maximum atomic E-state index is 10.7. The lowest BCUT2D eigenvalue weighted by Crippen LogP contribution is -2.04. The van der Waals surface area contributed by atoms with Crippen LogP contribution in [0.15, 0.2) is 29.1 Å². The van der Waals surface area contributed by atoms with Crippen molar-refractivity contribution in [3.8, 4) is 0 Å². The minimum Gasteiger partial charge on any atom is -0.505 e. The van der Waals surface area contributed by atoms with Crippen LogP contribution >= 0.6 is 0 Å². The number of aliphatic hydroxyl groups excluding tert-OH is 1. The van der Waals surface area contributed by atoms with Gasteiger partial charge in [0.25, 0.3) is 0 Å². The highest BCUT2D eigenvalue weighted by molar-refractivity contribution is 5.89. The maximum absolute atomic E-state index is 10.7. The Morgan fingerprint density at radius 3 is 2.55 bits per heavy atom. The van der Waals surface area contributed by atoms with E-state index in [4.69, 9.17) is 5.11 Å². The monoisotopic (exact) mass is 155 g/mol. The largest absolute Gasteiger partial charge is 0.505 e. The van der Waals surface area contributed by atoms with Crippen LogP contribution in [0.3, 0.4) is 0 Å². The van der Waals surface area contributed by atoms with E-state index in [1.807, 2.05) is 0 Å². The molecule has 4 nitrogen and oxygen atoms in total. The van der Waals surface area contributed by atoms with E-state index in [2.05, 4.69) is 23.0 Å². The summed E-state index contributed by atoms with van der Waals surface area (Å²) in [5, 5.41) is 8.95. The van der Waals surface area contributed by atoms with E-state index < -0.39 is 5.97 Å². The molecule has 0 atom stereocenters. The van der Waals surface area contributed by atoms with Crippen molar-refractivity contribution >= 4 is 12.7 Å². The van der Waals surface area contributed by atoms with Gasteiger partial charge >= 0.3 is 5.97 Å². The normalized spacial score (nSPS) is 11.4. The van der Waals surface area contributed by atoms with Crippen molar-refractivity contribution in [1.82, 2.24) is 0 Å². The van der Waals surface area contributed by atoms with E-state index >= 15 is 0 Å². The van der Waals surface area contributed by atoms with Crippen LogP contribution in [0.4, 0.5) is 0 Å². The van der Waals surface area contributed by atoms with Gasteiger partial charge < -0.3 is 9.84 Å². The molecule has 0 aromatic carbocycles. The van der Waals surface area contributed by atoms with Gasteiger partial charge in [-0.15, -0.1) is 0 Å². The first-order valence-corrected chi connectivity index (χ1v) is 2.78. The van der Waals surface area contributed by atoms with Gasteiger partial charge in [-0.3, -0.25) is 4.99 Å². The van der Waals surface area contributed by atoms with Crippen molar-refractivity contribution in [3.63, 3.8) is 0 Å². The van der Waals surface area contributed by atoms with E-state index in [0.29, 0.717) is 0 Å². The summed E-state index contributed by atoms with van der Waals surface area (Å²) in [7, 11) is 1.18. The predicted octanol–water partition coefficient (Wildman–Crippen LogP) is 0.816. The molecule has 4 heteroatoms. The average Bonchev–Trinajstić information content (AvgIpc) is 2.05. The second kappa shape index (κ2) is 4.27. The van der Waals surface area contributed by atoms with Gasteiger partial charge in [0.2, 0.25) is 0 Å². The van der Waals surface area contributed by atoms with Gasteiger partial charge in [-0.05, 0) is 12.8 Å². The fourth-order valence-corrected chi connectivity index (χ4v) is 0.443. The summed E-state index contributed by atoms with van der Waals surface area (Å²) in [6.45, 7) is 6.33. The molecule has 11 heavy (non-hydrogen) atoms. The van der Waals surface area contributed by atoms with Gasteiger partial charge in [0.15, 0.2) is 5.70 Å². The van der Waals surface area contributed by atoms with Crippen molar-refractivity contribution in [2.75, 3.05) is 7.11 Å². The molecule has 0 bridgehead atoms. The molecule has 0 aliphatic rings. The minimum absolute atomic E-state index is 0.234. The number of hydrogen-bond donors (Lipinski definition) is 1. The molecule has 0 unspecified atom stereocenters. The third kappa shape index (κ3) is 2.25. The molecule has 0 aliphatic carbocycles. The average molecular weight is 155 g/mol. The van der Waals surface area contributed by atoms with Crippen LogP contribution in [0.1, 0.15) is 0 Å². The Morgan fingerprint density at radius 1 is 1.73 bits per heavy atom. The van der Waals surface area contributed by atoms with E-state index in [-0.39, 0.29) is 11.5 Å². The number of methoxy groups -OCH3 is 1. The Bertz CT molecular complexity index is 218. The Morgan fingerprint density at radius 2 is 2.27 bits per heavy atom. The topological polar surface area (TPSA) is 58.9 Å². The fraction of sp³-hybridized carbons (Fsp3) is 0.143. The Kier molecular flexibility index (Phi) is 3.66. The van der Waals surface area contributed by atoms with Crippen LogP contribution in [0.25, 0.3) is 0 Å². The number of allylic oxidation sites excluding steroid dienone is 1. The summed E-state index contributed by atoms with van der Waals surface area (Å²) in [5.41, 5.74) is -0.234. The quantitative estimate of drug-likeness (QED) is 0.216. The number of ether oxygens (including phenoxy) is 1. The van der Waals surface area contributed by atoms with Crippen molar-refractivity contribution in [3.05, 3.63) is 24.1 Å². The van der Waals surface area contributed by atoms with Crippen LogP contribution in [-0.4, -0.2) is 24.9 Å². The van der Waals surface area contributed by atoms with Gasteiger partial charge in [0, 0.05) is 0 Å². The molecular weight excluding hydrogens is 146 g/mol. The Hall–Kier alpha value is -1.58. The number of esters is 1. The van der Waals surface area contributed by atoms with E-state index in [1.165, 1.54) is 7.11 Å². The number of aliphatic imine (C=N–C) groups is 1. The third-order valence-electron chi connectivity index (χ3n) is 0.973. The number of carbonyl (C=O) groups excluding carboxylic acids is 1. The molecule has 0 aromatic rings. The predicted molar refractivity (Wildman–Crippen MR) is 41.4 cm³/mol. The molecule has 0 rings (SSSR count). The van der Waals surface area contributed by atoms with Crippen molar-refractivity contribution in [1.29, 1.82) is 0 Å². The zero-order valence-electron chi connectivity index (χ0n) is 6.20. The molecule has 0 heterocycles. The van der Waals surface area contributed by atoms with Gasteiger partial charge in [-0.1, -0.05) is 6.58 Å². The zero-order valence-corrected chi connectivity index (χ0v) is 6.20. The first-order chi connectivity index (χ1) is 5.17. The molecule has 0 saturated heterocycles. The lowest BCUT2D eigenvalue weighted by Gasteiger charge is -1.98. The first kappa shape index (κ1) is 9.42. The number of hydrogen-bond acceptors (Lipinski definition) is 4. The van der Waals surface area contributed by atoms with E-state index in [0.717, 1.165) is 6.08 Å². The Labute approximate surface area is 64.5 Å². The molecular formula is C7H9NO3. The molecule has 1 N–H and O–H groups in total. The number of aliphatic hydroxyl groups is 1. The highest BCUT2D eigenvalue weighted by Crippen LogP contribution is 2.04. The maximum Gasteiger partial charge on any atom is 0.360 e. The molecule has 0 saturated carbocycles. The van der Waals surface area contributed by atoms with Crippen molar-refractivity contribution < 1.29 is 14.6 Å². The summed E-state index contributed by atoms with van der Waals surface area (Å²) in [6, 6.07) is 0. The smallest absolute Gasteiger partial charge is 0.360 e. The minimum atomic E-state index is -0.739. The standard InChI is InChI=1S/C7H9NO3/c1-4-5(9)6(8-2)7(10)11-3/h4,9H,1-2H2,3H3/b6-5+. The fourth-order valence-electron chi connectivity index (χ4n) is 0.443. The highest BCUT2D eigenvalue weighted by atomic mass is 16.5. The highest BCUT2D eigenvalue weighted by Gasteiger charge is 2.10. The number of carbonyl (C=O) groups is 1. The Balaban J connectivity index is 4.78. The second-order valence-corrected chi connectivity index (χ2v) is 1.59. The summed E-state index contributed by atoms with van der Waals surface area (Å²) in [4.78, 5) is 14.0. The second-order valence-electron chi connectivity index (χ2n) is 1.59. The SMILES string of the molecule is C=C/C(O)=C(\N=C)C(=O)OC. The molecule has 0 fully saturated rings. The molecule has 0 radical (unpaired) electrons. The van der Waals surface area contributed by atoms with Crippen LogP contribution in [-0.2, 0) is 9.53 Å². The summed E-state index contributed by atoms with van der Waals surface area (Å²) in [6.07, 6.45) is 1.08. The van der Waals surface area contributed by atoms with Crippen LogP contribution in [0.5, 0.6) is 0 Å². The van der Waals surface area contributed by atoms with Crippen molar-refractivity contribution in [2.24, 2.45) is 4.99 Å². The summed E-state index contributed by atoms with van der Waals surface area (Å²) >= 11 is 0. The van der Waals surface area contributed by atoms with Crippen LogP contribution in [0, 0.1) is 0 Å². The number of rotatable bonds is 3. The van der Waals surface area contributed by atoms with E-state index in [9.17, 15) is 4.79 Å². The first-order valence-electron chi connectivity index (χ1n) is 2.78. The van der Waals surface area contributed by atoms with Crippen LogP contribution < -0.4 is 0 Å². The molecule has 0 spiro atoms. The molecule has 0 aromatic heterocycles. The molecule has 60 valence electrons.